The predicted molar refractivity (Wildman–Crippen MR) is 111 cm³/mol. The molecule has 3 aromatic rings. The van der Waals surface area contributed by atoms with Crippen LogP contribution < -0.4 is 10.6 Å². The highest BCUT2D eigenvalue weighted by molar-refractivity contribution is 8.00. The van der Waals surface area contributed by atoms with E-state index in [1.807, 2.05) is 22.1 Å². The molecule has 0 aliphatic carbocycles. The van der Waals surface area contributed by atoms with Crippen molar-refractivity contribution < 1.29 is 22.8 Å². The van der Waals surface area contributed by atoms with E-state index in [9.17, 15) is 22.8 Å². The Balaban J connectivity index is 1.48. The van der Waals surface area contributed by atoms with E-state index in [0.717, 1.165) is 12.5 Å². The number of hydrogen-bond donors (Lipinski definition) is 2. The summed E-state index contributed by atoms with van der Waals surface area (Å²) in [5.41, 5.74) is -0.514. The maximum Gasteiger partial charge on any atom is 0.243 e. The third-order valence-corrected chi connectivity index (χ3v) is 6.17. The van der Waals surface area contributed by atoms with Gasteiger partial charge in [-0.25, -0.2) is 13.2 Å². The molecule has 0 aliphatic rings. The zero-order valence-electron chi connectivity index (χ0n) is 16.3. The van der Waals surface area contributed by atoms with Crippen LogP contribution in [0.5, 0.6) is 0 Å². The molecule has 1 aromatic carbocycles. The Kier molecular flexibility index (Phi) is 7.69. The van der Waals surface area contributed by atoms with Crippen molar-refractivity contribution in [2.75, 3.05) is 11.9 Å². The lowest BCUT2D eigenvalue weighted by atomic mass is 10.2. The number of halogens is 3. The number of thiophene rings is 1. The van der Waals surface area contributed by atoms with E-state index in [1.165, 1.54) is 16.6 Å². The Hall–Kier alpha value is -2.86. The van der Waals surface area contributed by atoms with E-state index >= 15 is 0 Å². The standard InChI is InChI=1S/C19H18F3N5O2S2/c1-11(31-19-26-24-10-27(19)7-6-12-3-2-8-30-12)18(29)23-9-15(28)25-14-5-4-13(20)16(21)17(14)22/h2-5,8,10-11H,6-7,9H2,1H3,(H,23,29)(H,25,28). The van der Waals surface area contributed by atoms with Crippen molar-refractivity contribution in [1.82, 2.24) is 20.1 Å². The van der Waals surface area contributed by atoms with Gasteiger partial charge in [0.1, 0.15) is 6.33 Å². The van der Waals surface area contributed by atoms with Crippen molar-refractivity contribution in [2.24, 2.45) is 0 Å². The molecule has 7 nitrogen and oxygen atoms in total. The van der Waals surface area contributed by atoms with E-state index in [4.69, 9.17) is 0 Å². The second kappa shape index (κ2) is 10.4. The molecule has 2 aromatic heterocycles. The Morgan fingerprint density at radius 3 is 2.77 bits per heavy atom. The van der Waals surface area contributed by atoms with Crippen LogP contribution in [0.1, 0.15) is 11.8 Å². The minimum absolute atomic E-state index is 0.446. The summed E-state index contributed by atoms with van der Waals surface area (Å²) >= 11 is 2.84. The lowest BCUT2D eigenvalue weighted by Gasteiger charge is -2.13. The zero-order chi connectivity index (χ0) is 22.4. The van der Waals surface area contributed by atoms with Crippen molar-refractivity contribution in [3.63, 3.8) is 0 Å². The first-order valence-corrected chi connectivity index (χ1v) is 10.9. The molecule has 0 fully saturated rings. The number of anilines is 1. The van der Waals surface area contributed by atoms with Crippen LogP contribution in [0.2, 0.25) is 0 Å². The number of hydrogen-bond acceptors (Lipinski definition) is 6. The molecule has 2 N–H and O–H groups in total. The Morgan fingerprint density at radius 2 is 2.03 bits per heavy atom. The van der Waals surface area contributed by atoms with Crippen LogP contribution in [0.4, 0.5) is 18.9 Å². The molecule has 2 amide bonds. The first-order valence-electron chi connectivity index (χ1n) is 9.13. The second-order valence-corrected chi connectivity index (χ2v) is 8.73. The zero-order valence-corrected chi connectivity index (χ0v) is 17.9. The second-order valence-electron chi connectivity index (χ2n) is 6.39. The highest BCUT2D eigenvalue weighted by Gasteiger charge is 2.20. The lowest BCUT2D eigenvalue weighted by Crippen LogP contribution is -2.37. The number of aryl methyl sites for hydroxylation is 2. The molecule has 2 heterocycles. The minimum Gasteiger partial charge on any atom is -0.346 e. The average Bonchev–Trinajstić information content (AvgIpc) is 3.42. The number of nitrogens with zero attached hydrogens (tertiary/aromatic N) is 3. The van der Waals surface area contributed by atoms with Crippen LogP contribution in [0.3, 0.4) is 0 Å². The van der Waals surface area contributed by atoms with Crippen LogP contribution in [0.15, 0.2) is 41.1 Å². The molecule has 0 spiro atoms. The Labute approximate surface area is 184 Å². The number of benzene rings is 1. The van der Waals surface area contributed by atoms with Crippen LogP contribution in [-0.2, 0) is 22.6 Å². The first kappa shape index (κ1) is 22.8. The van der Waals surface area contributed by atoms with Gasteiger partial charge in [-0.05, 0) is 36.9 Å². The number of rotatable bonds is 9. The SMILES string of the molecule is CC(Sc1nncn1CCc1cccs1)C(=O)NCC(=O)Nc1ccc(F)c(F)c1F. The highest BCUT2D eigenvalue weighted by Crippen LogP contribution is 2.22. The lowest BCUT2D eigenvalue weighted by molar-refractivity contribution is -0.123. The monoisotopic (exact) mass is 469 g/mol. The Bertz CT molecular complexity index is 1060. The summed E-state index contributed by atoms with van der Waals surface area (Å²) in [4.78, 5) is 25.4. The molecule has 3 rings (SSSR count). The van der Waals surface area contributed by atoms with Gasteiger partial charge in [-0.1, -0.05) is 17.8 Å². The van der Waals surface area contributed by atoms with Crippen LogP contribution >= 0.6 is 23.1 Å². The van der Waals surface area contributed by atoms with Crippen molar-refractivity contribution in [3.05, 3.63) is 58.3 Å². The molecule has 0 bridgehead atoms. The van der Waals surface area contributed by atoms with E-state index in [-0.39, 0.29) is 0 Å². The average molecular weight is 470 g/mol. The van der Waals surface area contributed by atoms with Gasteiger partial charge in [0, 0.05) is 11.4 Å². The van der Waals surface area contributed by atoms with E-state index in [1.54, 1.807) is 24.6 Å². The summed E-state index contributed by atoms with van der Waals surface area (Å²) in [5, 5.41) is 14.4. The fourth-order valence-electron chi connectivity index (χ4n) is 2.51. The molecule has 12 heteroatoms. The number of amides is 2. The van der Waals surface area contributed by atoms with Gasteiger partial charge in [0.2, 0.25) is 11.8 Å². The quantitative estimate of drug-likeness (QED) is 0.371. The van der Waals surface area contributed by atoms with E-state index < -0.39 is 46.7 Å². The molecule has 164 valence electrons. The van der Waals surface area contributed by atoms with Crippen molar-refractivity contribution in [1.29, 1.82) is 0 Å². The molecule has 0 saturated heterocycles. The fraction of sp³-hybridized carbons (Fsp3) is 0.263. The van der Waals surface area contributed by atoms with Gasteiger partial charge < -0.3 is 15.2 Å². The van der Waals surface area contributed by atoms with Crippen molar-refractivity contribution >= 4 is 40.6 Å². The molecule has 0 radical (unpaired) electrons. The highest BCUT2D eigenvalue weighted by atomic mass is 32.2. The van der Waals surface area contributed by atoms with E-state index in [2.05, 4.69) is 20.8 Å². The predicted octanol–water partition coefficient (Wildman–Crippen LogP) is 3.24. The molecule has 31 heavy (non-hydrogen) atoms. The summed E-state index contributed by atoms with van der Waals surface area (Å²) in [6, 6.07) is 5.61. The third-order valence-electron chi connectivity index (χ3n) is 4.14. The molecule has 1 atom stereocenters. The third kappa shape index (κ3) is 6.07. The number of nitrogens with one attached hydrogen (secondary N) is 2. The summed E-state index contributed by atoms with van der Waals surface area (Å²) < 4.78 is 41.6. The van der Waals surface area contributed by atoms with Crippen LogP contribution in [0, 0.1) is 17.5 Å². The van der Waals surface area contributed by atoms with Gasteiger partial charge in [-0.3, -0.25) is 9.59 Å². The molecule has 0 saturated carbocycles. The minimum atomic E-state index is -1.69. The number of aromatic nitrogens is 3. The number of carbonyl (C=O) groups is 2. The smallest absolute Gasteiger partial charge is 0.243 e. The summed E-state index contributed by atoms with van der Waals surface area (Å²) in [6.07, 6.45) is 2.40. The molecular formula is C19H18F3N5O2S2. The number of thioether (sulfide) groups is 1. The van der Waals surface area contributed by atoms with E-state index in [0.29, 0.717) is 17.8 Å². The summed E-state index contributed by atoms with van der Waals surface area (Å²) in [5.74, 6) is -5.79. The van der Waals surface area contributed by atoms with Gasteiger partial charge in [-0.15, -0.1) is 21.5 Å². The van der Waals surface area contributed by atoms with Crippen molar-refractivity contribution in [2.45, 2.75) is 30.3 Å². The first-order chi connectivity index (χ1) is 14.8. The van der Waals surface area contributed by atoms with Gasteiger partial charge >= 0.3 is 0 Å². The largest absolute Gasteiger partial charge is 0.346 e. The maximum atomic E-state index is 13.6. The maximum absolute atomic E-state index is 13.6. The fourth-order valence-corrected chi connectivity index (χ4v) is 4.09. The molecule has 0 aliphatic heterocycles. The van der Waals surface area contributed by atoms with Crippen LogP contribution in [0.25, 0.3) is 0 Å². The topological polar surface area (TPSA) is 88.9 Å². The van der Waals surface area contributed by atoms with Gasteiger partial charge in [0.25, 0.3) is 0 Å². The van der Waals surface area contributed by atoms with Gasteiger partial charge in [0.05, 0.1) is 17.5 Å². The summed E-state index contributed by atoms with van der Waals surface area (Å²) in [6.45, 7) is 1.84. The van der Waals surface area contributed by atoms with Gasteiger partial charge in [-0.2, -0.15) is 0 Å². The normalized spacial score (nSPS) is 11.9. The summed E-state index contributed by atoms with van der Waals surface area (Å²) in [7, 11) is 0. The van der Waals surface area contributed by atoms with Crippen molar-refractivity contribution in [3.8, 4) is 0 Å². The Morgan fingerprint density at radius 1 is 1.23 bits per heavy atom. The van der Waals surface area contributed by atoms with Crippen LogP contribution in [-0.4, -0.2) is 38.4 Å². The molecule has 1 unspecified atom stereocenters. The number of carbonyl (C=O) groups excluding carboxylic acids is 2. The van der Waals surface area contributed by atoms with Gasteiger partial charge in [0.15, 0.2) is 22.6 Å². The molecular weight excluding hydrogens is 451 g/mol.